The molecule has 2 heteroatoms. The van der Waals surface area contributed by atoms with Crippen molar-refractivity contribution in [3.8, 4) is 0 Å². The van der Waals surface area contributed by atoms with E-state index in [0.29, 0.717) is 35.7 Å². The molecule has 5 rings (SSSR count). The van der Waals surface area contributed by atoms with Gasteiger partial charge in [-0.3, -0.25) is 9.59 Å². The van der Waals surface area contributed by atoms with Gasteiger partial charge in [0.1, 0.15) is 5.78 Å². The number of benzene rings is 1. The first-order valence-electron chi connectivity index (χ1n) is 10.8. The van der Waals surface area contributed by atoms with Crippen LogP contribution in [0.3, 0.4) is 0 Å². The molecule has 0 amide bonds. The summed E-state index contributed by atoms with van der Waals surface area (Å²) in [5.74, 6) is 2.87. The maximum atomic E-state index is 12.6. The Bertz CT molecular complexity index is 822. The van der Waals surface area contributed by atoms with Crippen LogP contribution in [0.2, 0.25) is 0 Å². The summed E-state index contributed by atoms with van der Waals surface area (Å²) >= 11 is 0. The van der Waals surface area contributed by atoms with Gasteiger partial charge in [-0.2, -0.15) is 0 Å². The molecule has 0 saturated heterocycles. The average Bonchev–Trinajstić information content (AvgIpc) is 2.97. The molecule has 0 radical (unpaired) electrons. The lowest BCUT2D eigenvalue weighted by molar-refractivity contribution is -0.133. The van der Waals surface area contributed by atoms with Gasteiger partial charge in [0.05, 0.1) is 0 Å². The van der Waals surface area contributed by atoms with Crippen LogP contribution < -0.4 is 0 Å². The first-order chi connectivity index (χ1) is 12.9. The Morgan fingerprint density at radius 2 is 1.70 bits per heavy atom. The first kappa shape index (κ1) is 17.4. The normalized spacial score (nSPS) is 43.6. The van der Waals surface area contributed by atoms with Crippen LogP contribution in [-0.2, 0) is 9.59 Å². The van der Waals surface area contributed by atoms with Crippen LogP contribution in [0.5, 0.6) is 0 Å². The fourth-order valence-corrected chi connectivity index (χ4v) is 7.56. The van der Waals surface area contributed by atoms with Crippen molar-refractivity contribution in [1.29, 1.82) is 0 Å². The molecular weight excluding hydrogens is 332 g/mol. The summed E-state index contributed by atoms with van der Waals surface area (Å²) in [6.45, 7) is 4.69. The third-order valence-corrected chi connectivity index (χ3v) is 9.02. The summed E-state index contributed by atoms with van der Waals surface area (Å²) in [4.78, 5) is 25.2. The number of ketones is 2. The summed E-state index contributed by atoms with van der Waals surface area (Å²) in [6, 6.07) is 10.7. The van der Waals surface area contributed by atoms with E-state index in [1.807, 2.05) is 6.08 Å². The Labute approximate surface area is 162 Å². The second kappa shape index (κ2) is 5.90. The van der Waals surface area contributed by atoms with Gasteiger partial charge in [-0.1, -0.05) is 49.8 Å². The molecule has 6 atom stereocenters. The summed E-state index contributed by atoms with van der Waals surface area (Å²) in [5.41, 5.74) is 2.69. The Hall–Kier alpha value is -1.70. The largest absolute Gasteiger partial charge is 0.299 e. The molecule has 3 fully saturated rings. The van der Waals surface area contributed by atoms with E-state index in [0.717, 1.165) is 38.5 Å². The molecule has 0 aromatic heterocycles. The number of Topliss-reactive ketones (excluding diaryl/α,β-unsaturated/α-hetero) is 1. The number of carbonyl (C=O) groups is 2. The molecule has 142 valence electrons. The highest BCUT2D eigenvalue weighted by Gasteiger charge is 2.60. The van der Waals surface area contributed by atoms with E-state index in [1.54, 1.807) is 0 Å². The van der Waals surface area contributed by atoms with Gasteiger partial charge >= 0.3 is 0 Å². The zero-order valence-electron chi connectivity index (χ0n) is 16.5. The van der Waals surface area contributed by atoms with Gasteiger partial charge in [-0.25, -0.2) is 0 Å². The third-order valence-electron chi connectivity index (χ3n) is 9.02. The number of carbonyl (C=O) groups excluding carboxylic acids is 2. The minimum atomic E-state index is -0.0779. The molecule has 0 unspecified atom stereocenters. The zero-order chi connectivity index (χ0) is 18.8. The minimum absolute atomic E-state index is 0.0607. The number of allylic oxidation sites excluding steroid dienone is 1. The SMILES string of the molecule is C[C@@]12C(=CC(=O)C[C@@H]1c1ccccc1)CC[C@@H]1[C@@H]2CC[C@]2(C)C(=O)CC[C@@H]12. The Morgan fingerprint density at radius 3 is 2.48 bits per heavy atom. The lowest BCUT2D eigenvalue weighted by Gasteiger charge is -2.59. The van der Waals surface area contributed by atoms with Crippen molar-refractivity contribution in [3.05, 3.63) is 47.5 Å². The predicted molar refractivity (Wildman–Crippen MR) is 106 cm³/mol. The molecule has 0 N–H and O–H groups in total. The predicted octanol–water partition coefficient (Wildman–Crippen LogP) is 5.48. The van der Waals surface area contributed by atoms with Gasteiger partial charge in [-0.15, -0.1) is 0 Å². The molecule has 1 aromatic rings. The van der Waals surface area contributed by atoms with Crippen LogP contribution >= 0.6 is 0 Å². The highest BCUT2D eigenvalue weighted by atomic mass is 16.1. The molecule has 2 nitrogen and oxygen atoms in total. The molecule has 27 heavy (non-hydrogen) atoms. The van der Waals surface area contributed by atoms with Gasteiger partial charge in [0.2, 0.25) is 0 Å². The molecule has 0 spiro atoms. The van der Waals surface area contributed by atoms with Crippen molar-refractivity contribution in [2.75, 3.05) is 0 Å². The molecule has 3 saturated carbocycles. The molecule has 0 aliphatic heterocycles. The molecular formula is C25H30O2. The van der Waals surface area contributed by atoms with Crippen molar-refractivity contribution in [2.24, 2.45) is 28.6 Å². The number of hydrogen-bond donors (Lipinski definition) is 0. The fraction of sp³-hybridized carbons (Fsp3) is 0.600. The topological polar surface area (TPSA) is 34.1 Å². The summed E-state index contributed by atoms with van der Waals surface area (Å²) in [6.07, 6.45) is 8.86. The van der Waals surface area contributed by atoms with E-state index >= 15 is 0 Å². The maximum absolute atomic E-state index is 12.6. The monoisotopic (exact) mass is 362 g/mol. The average molecular weight is 363 g/mol. The van der Waals surface area contributed by atoms with Crippen LogP contribution in [0, 0.1) is 28.6 Å². The zero-order valence-corrected chi connectivity index (χ0v) is 16.5. The van der Waals surface area contributed by atoms with E-state index in [1.165, 1.54) is 11.1 Å². The maximum Gasteiger partial charge on any atom is 0.156 e. The van der Waals surface area contributed by atoms with Crippen LogP contribution in [-0.4, -0.2) is 11.6 Å². The highest BCUT2D eigenvalue weighted by Crippen LogP contribution is 2.67. The molecule has 4 aliphatic carbocycles. The summed E-state index contributed by atoms with van der Waals surface area (Å²) < 4.78 is 0. The number of fused-ring (bicyclic) bond motifs is 5. The lowest BCUT2D eigenvalue weighted by Crippen LogP contribution is -2.52. The van der Waals surface area contributed by atoms with E-state index in [2.05, 4.69) is 44.2 Å². The van der Waals surface area contributed by atoms with Crippen LogP contribution in [0.25, 0.3) is 0 Å². The van der Waals surface area contributed by atoms with Crippen molar-refractivity contribution >= 4 is 11.6 Å². The molecule has 0 heterocycles. The Morgan fingerprint density at radius 1 is 0.926 bits per heavy atom. The molecule has 4 aliphatic rings. The van der Waals surface area contributed by atoms with Crippen molar-refractivity contribution < 1.29 is 9.59 Å². The van der Waals surface area contributed by atoms with Crippen LogP contribution in [0.1, 0.15) is 70.3 Å². The van der Waals surface area contributed by atoms with Crippen LogP contribution in [0.15, 0.2) is 42.0 Å². The molecule has 1 aromatic carbocycles. The fourth-order valence-electron chi connectivity index (χ4n) is 7.56. The lowest BCUT2D eigenvalue weighted by atomic mass is 9.44. The van der Waals surface area contributed by atoms with E-state index in [4.69, 9.17) is 0 Å². The van der Waals surface area contributed by atoms with Crippen molar-refractivity contribution in [1.82, 2.24) is 0 Å². The third kappa shape index (κ3) is 2.31. The van der Waals surface area contributed by atoms with Crippen LogP contribution in [0.4, 0.5) is 0 Å². The molecule has 0 bridgehead atoms. The second-order valence-electron chi connectivity index (χ2n) is 9.92. The standard InChI is InChI=1S/C25H30O2/c1-24-13-12-21-19(20(24)10-11-23(24)27)9-8-17-14-18(26)15-22(25(17,21)2)16-6-4-3-5-7-16/h3-7,14,19-22H,8-13,15H2,1-2H3/t19-,20-,21-,22+,24-,25-/m0/s1. The summed E-state index contributed by atoms with van der Waals surface area (Å²) in [5, 5.41) is 0. The van der Waals surface area contributed by atoms with Crippen molar-refractivity contribution in [3.63, 3.8) is 0 Å². The summed E-state index contributed by atoms with van der Waals surface area (Å²) in [7, 11) is 0. The smallest absolute Gasteiger partial charge is 0.156 e. The van der Waals surface area contributed by atoms with Gasteiger partial charge in [0, 0.05) is 24.2 Å². The number of rotatable bonds is 1. The van der Waals surface area contributed by atoms with Gasteiger partial charge < -0.3 is 0 Å². The van der Waals surface area contributed by atoms with Crippen molar-refractivity contribution in [2.45, 2.75) is 64.7 Å². The van der Waals surface area contributed by atoms with Gasteiger partial charge in [0.25, 0.3) is 0 Å². The quantitative estimate of drug-likeness (QED) is 0.663. The highest BCUT2D eigenvalue weighted by molar-refractivity contribution is 5.93. The van der Waals surface area contributed by atoms with Gasteiger partial charge in [-0.05, 0) is 66.9 Å². The number of hydrogen-bond acceptors (Lipinski definition) is 2. The first-order valence-corrected chi connectivity index (χ1v) is 10.8. The minimum Gasteiger partial charge on any atom is -0.299 e. The van der Waals surface area contributed by atoms with Gasteiger partial charge in [0.15, 0.2) is 5.78 Å². The van der Waals surface area contributed by atoms with E-state index in [-0.39, 0.29) is 16.7 Å². The Kier molecular flexibility index (Phi) is 3.80. The second-order valence-corrected chi connectivity index (χ2v) is 9.92. The van der Waals surface area contributed by atoms with E-state index < -0.39 is 0 Å². The van der Waals surface area contributed by atoms with E-state index in [9.17, 15) is 9.59 Å². The Balaban J connectivity index is 1.59.